The number of hydrogen-bond donors (Lipinski definition) is 2. The minimum Gasteiger partial charge on any atom is -0.379 e. The molecule has 0 radical (unpaired) electrons. The lowest BCUT2D eigenvalue weighted by Crippen LogP contribution is -2.46. The molecule has 0 bridgehead atoms. The smallest absolute Gasteiger partial charge is 0.191 e. The molecule has 2 heterocycles. The summed E-state index contributed by atoms with van der Waals surface area (Å²) in [5.74, 6) is 1.60. The fourth-order valence-corrected chi connectivity index (χ4v) is 3.94. The molecule has 0 amide bonds. The van der Waals surface area contributed by atoms with Gasteiger partial charge in [0.1, 0.15) is 0 Å². The van der Waals surface area contributed by atoms with Crippen molar-refractivity contribution in [3.05, 3.63) is 22.4 Å². The van der Waals surface area contributed by atoms with Crippen molar-refractivity contribution in [2.24, 2.45) is 10.9 Å². The Labute approximate surface area is 156 Å². The zero-order valence-corrected chi connectivity index (χ0v) is 16.8. The van der Waals surface area contributed by atoms with Gasteiger partial charge in [0.2, 0.25) is 0 Å². The Morgan fingerprint density at radius 3 is 2.60 bits per heavy atom. The summed E-state index contributed by atoms with van der Waals surface area (Å²) in [6.45, 7) is 12.9. The maximum atomic E-state index is 5.53. The van der Waals surface area contributed by atoms with Crippen molar-refractivity contribution in [1.29, 1.82) is 0 Å². The summed E-state index contributed by atoms with van der Waals surface area (Å²) in [5.41, 5.74) is 0. The number of aliphatic imine (C=N–C) groups is 1. The van der Waals surface area contributed by atoms with E-state index < -0.39 is 0 Å². The second-order valence-electron chi connectivity index (χ2n) is 6.46. The highest BCUT2D eigenvalue weighted by Gasteiger charge is 2.23. The molecule has 1 unspecified atom stereocenters. The van der Waals surface area contributed by atoms with Crippen LogP contribution in [-0.4, -0.2) is 56.8 Å². The van der Waals surface area contributed by atoms with E-state index >= 15 is 0 Å². The third-order valence-electron chi connectivity index (χ3n) is 4.83. The molecule has 1 aliphatic heterocycles. The molecule has 5 nitrogen and oxygen atoms in total. The van der Waals surface area contributed by atoms with Gasteiger partial charge in [0.05, 0.1) is 19.3 Å². The highest BCUT2D eigenvalue weighted by atomic mass is 32.1. The van der Waals surface area contributed by atoms with E-state index in [0.717, 1.165) is 51.9 Å². The van der Waals surface area contributed by atoms with Crippen LogP contribution in [0.3, 0.4) is 0 Å². The van der Waals surface area contributed by atoms with Gasteiger partial charge in [0, 0.05) is 37.6 Å². The van der Waals surface area contributed by atoms with Crippen molar-refractivity contribution in [2.75, 3.05) is 45.9 Å². The summed E-state index contributed by atoms with van der Waals surface area (Å²) in [6, 6.07) is 4.75. The van der Waals surface area contributed by atoms with E-state index in [0.29, 0.717) is 12.0 Å². The summed E-state index contributed by atoms with van der Waals surface area (Å²) >= 11 is 1.83. The molecule has 2 N–H and O–H groups in total. The topological polar surface area (TPSA) is 48.9 Å². The normalized spacial score (nSPS) is 17.7. The summed E-state index contributed by atoms with van der Waals surface area (Å²) in [4.78, 5) is 8.74. The van der Waals surface area contributed by atoms with E-state index in [9.17, 15) is 0 Å². The van der Waals surface area contributed by atoms with Gasteiger partial charge in [-0.05, 0) is 24.3 Å². The zero-order chi connectivity index (χ0) is 17.9. The highest BCUT2D eigenvalue weighted by molar-refractivity contribution is 7.10. The van der Waals surface area contributed by atoms with Crippen LogP contribution in [0.15, 0.2) is 22.5 Å². The van der Waals surface area contributed by atoms with E-state index in [4.69, 9.17) is 9.73 Å². The van der Waals surface area contributed by atoms with E-state index in [1.54, 1.807) is 0 Å². The second-order valence-corrected chi connectivity index (χ2v) is 7.44. The van der Waals surface area contributed by atoms with E-state index in [1.807, 2.05) is 11.3 Å². The largest absolute Gasteiger partial charge is 0.379 e. The predicted molar refractivity (Wildman–Crippen MR) is 108 cm³/mol. The van der Waals surface area contributed by atoms with Crippen LogP contribution in [0.1, 0.15) is 44.5 Å². The number of guanidine groups is 1. The number of hydrogen-bond acceptors (Lipinski definition) is 4. The summed E-state index contributed by atoms with van der Waals surface area (Å²) in [7, 11) is 0. The molecule has 0 saturated carbocycles. The fraction of sp³-hybridized carbons (Fsp3) is 0.737. The molecule has 25 heavy (non-hydrogen) atoms. The minimum atomic E-state index is 0.376. The molecule has 0 aromatic carbocycles. The third kappa shape index (κ3) is 6.60. The number of ether oxygens (including phenoxy) is 1. The molecule has 1 atom stereocenters. The van der Waals surface area contributed by atoms with Crippen LogP contribution in [0.5, 0.6) is 0 Å². The quantitative estimate of drug-likeness (QED) is 0.521. The van der Waals surface area contributed by atoms with Crippen molar-refractivity contribution in [3.63, 3.8) is 0 Å². The second kappa shape index (κ2) is 11.5. The number of morpholine rings is 1. The van der Waals surface area contributed by atoms with Crippen LogP contribution < -0.4 is 10.6 Å². The molecule has 1 aromatic rings. The highest BCUT2D eigenvalue weighted by Crippen LogP contribution is 2.25. The van der Waals surface area contributed by atoms with Crippen molar-refractivity contribution >= 4 is 17.3 Å². The Hall–Kier alpha value is -1.11. The van der Waals surface area contributed by atoms with Crippen LogP contribution in [-0.2, 0) is 4.74 Å². The van der Waals surface area contributed by atoms with Crippen LogP contribution >= 0.6 is 11.3 Å². The van der Waals surface area contributed by atoms with Gasteiger partial charge in [-0.3, -0.25) is 9.89 Å². The Morgan fingerprint density at radius 2 is 2.00 bits per heavy atom. The van der Waals surface area contributed by atoms with E-state index in [-0.39, 0.29) is 0 Å². The molecule has 142 valence electrons. The molecular formula is C19H34N4OS. The van der Waals surface area contributed by atoms with Crippen molar-refractivity contribution in [3.8, 4) is 0 Å². The van der Waals surface area contributed by atoms with Crippen LogP contribution in [0.4, 0.5) is 0 Å². The molecular weight excluding hydrogens is 332 g/mol. The number of rotatable bonds is 9. The standard InChI is InChI=1S/C19H34N4OS/c1-4-16(5-2)14-21-19(20-6-3)22-15-17(18-8-7-13-25-18)23-9-11-24-12-10-23/h7-8,13,16-17H,4-6,9-12,14-15H2,1-3H3,(H2,20,21,22). The minimum absolute atomic E-state index is 0.376. The Morgan fingerprint density at radius 1 is 1.24 bits per heavy atom. The first-order chi connectivity index (χ1) is 12.3. The average molecular weight is 367 g/mol. The van der Waals surface area contributed by atoms with Gasteiger partial charge in [-0.15, -0.1) is 11.3 Å². The molecule has 2 rings (SSSR count). The van der Waals surface area contributed by atoms with Gasteiger partial charge < -0.3 is 15.4 Å². The number of thiophene rings is 1. The van der Waals surface area contributed by atoms with Gasteiger partial charge in [0.25, 0.3) is 0 Å². The number of nitrogens with one attached hydrogen (secondary N) is 2. The molecule has 1 aromatic heterocycles. The number of nitrogens with zero attached hydrogens (tertiary/aromatic N) is 2. The van der Waals surface area contributed by atoms with Gasteiger partial charge in [0.15, 0.2) is 5.96 Å². The molecule has 1 fully saturated rings. The molecule has 0 spiro atoms. The predicted octanol–water partition coefficient (Wildman–Crippen LogP) is 3.11. The molecule has 0 aliphatic carbocycles. The van der Waals surface area contributed by atoms with Crippen LogP contribution in [0, 0.1) is 5.92 Å². The third-order valence-corrected chi connectivity index (χ3v) is 5.80. The summed E-state index contributed by atoms with van der Waals surface area (Å²) in [5, 5.41) is 9.12. The Balaban J connectivity index is 1.99. The maximum Gasteiger partial charge on any atom is 0.191 e. The molecule has 1 saturated heterocycles. The maximum absolute atomic E-state index is 5.53. The van der Waals surface area contributed by atoms with E-state index in [1.165, 1.54) is 17.7 Å². The van der Waals surface area contributed by atoms with Gasteiger partial charge in [-0.2, -0.15) is 0 Å². The molecule has 1 aliphatic rings. The monoisotopic (exact) mass is 366 g/mol. The molecule has 6 heteroatoms. The van der Waals surface area contributed by atoms with Crippen LogP contribution in [0.25, 0.3) is 0 Å². The summed E-state index contributed by atoms with van der Waals surface area (Å²) in [6.07, 6.45) is 2.37. The Kier molecular flexibility index (Phi) is 9.29. The van der Waals surface area contributed by atoms with Crippen molar-refractivity contribution in [2.45, 2.75) is 39.7 Å². The van der Waals surface area contributed by atoms with Gasteiger partial charge in [-0.25, -0.2) is 0 Å². The lowest BCUT2D eigenvalue weighted by molar-refractivity contribution is 0.0177. The fourth-order valence-electron chi connectivity index (χ4n) is 3.08. The van der Waals surface area contributed by atoms with Gasteiger partial charge >= 0.3 is 0 Å². The summed E-state index contributed by atoms with van der Waals surface area (Å²) < 4.78 is 5.53. The zero-order valence-electron chi connectivity index (χ0n) is 16.0. The van der Waals surface area contributed by atoms with Crippen molar-refractivity contribution < 1.29 is 4.74 Å². The van der Waals surface area contributed by atoms with Crippen LogP contribution in [0.2, 0.25) is 0 Å². The average Bonchev–Trinajstić information content (AvgIpc) is 3.18. The Bertz CT molecular complexity index is 482. The van der Waals surface area contributed by atoms with Crippen molar-refractivity contribution in [1.82, 2.24) is 15.5 Å². The first-order valence-corrected chi connectivity index (χ1v) is 10.5. The lowest BCUT2D eigenvalue weighted by Gasteiger charge is -2.34. The van der Waals surface area contributed by atoms with Gasteiger partial charge in [-0.1, -0.05) is 32.8 Å². The first kappa shape index (κ1) is 20.2. The van der Waals surface area contributed by atoms with E-state index in [2.05, 4.69) is 53.8 Å². The first-order valence-electron chi connectivity index (χ1n) is 9.65. The SMILES string of the molecule is CCNC(=NCC(CC)CC)NCC(c1cccs1)N1CCOCC1. The lowest BCUT2D eigenvalue weighted by atomic mass is 10.0.